The Labute approximate surface area is 182 Å². The summed E-state index contributed by atoms with van der Waals surface area (Å²) >= 11 is 12.0. The smallest absolute Gasteiger partial charge is 0.253 e. The second-order valence-corrected chi connectivity index (χ2v) is 8.06. The maximum absolute atomic E-state index is 12.6. The highest BCUT2D eigenvalue weighted by Gasteiger charge is 2.23. The first-order valence-electron chi connectivity index (χ1n) is 9.69. The molecule has 5 nitrogen and oxygen atoms in total. The van der Waals surface area contributed by atoms with Gasteiger partial charge in [0, 0.05) is 23.8 Å². The molecule has 2 aromatic rings. The van der Waals surface area contributed by atoms with Crippen LogP contribution in [-0.2, 0) is 4.79 Å². The molecule has 0 spiro atoms. The summed E-state index contributed by atoms with van der Waals surface area (Å²) in [5.41, 5.74) is 1.34. The zero-order valence-electron chi connectivity index (χ0n) is 16.7. The van der Waals surface area contributed by atoms with E-state index in [0.717, 1.165) is 18.7 Å². The van der Waals surface area contributed by atoms with Gasteiger partial charge in [-0.15, -0.1) is 0 Å². The maximum Gasteiger partial charge on any atom is 0.253 e. The van der Waals surface area contributed by atoms with E-state index in [1.165, 1.54) is 6.07 Å². The number of halogens is 2. The Morgan fingerprint density at radius 1 is 1.00 bits per heavy atom. The van der Waals surface area contributed by atoms with Crippen LogP contribution in [0.25, 0.3) is 0 Å². The normalized spacial score (nSPS) is 11.8. The molecule has 1 atom stereocenters. The lowest BCUT2D eigenvalue weighted by Gasteiger charge is -2.20. The van der Waals surface area contributed by atoms with Crippen molar-refractivity contribution >= 4 is 40.7 Å². The number of hydrogen-bond donors (Lipinski definition) is 3. The van der Waals surface area contributed by atoms with Crippen LogP contribution in [0.4, 0.5) is 5.69 Å². The quantitative estimate of drug-likeness (QED) is 0.471. The Morgan fingerprint density at radius 2 is 1.72 bits per heavy atom. The third-order valence-corrected chi connectivity index (χ3v) is 4.81. The van der Waals surface area contributed by atoms with Gasteiger partial charge < -0.3 is 16.0 Å². The number of amides is 2. The van der Waals surface area contributed by atoms with E-state index < -0.39 is 11.9 Å². The molecule has 0 heterocycles. The van der Waals surface area contributed by atoms with E-state index in [1.54, 1.807) is 12.1 Å². The molecule has 0 radical (unpaired) electrons. The number of rotatable bonds is 10. The van der Waals surface area contributed by atoms with E-state index in [2.05, 4.69) is 16.0 Å². The van der Waals surface area contributed by atoms with Gasteiger partial charge in [0.05, 0.1) is 10.6 Å². The molecule has 2 aromatic carbocycles. The van der Waals surface area contributed by atoms with Crippen molar-refractivity contribution in [2.75, 3.05) is 18.4 Å². The van der Waals surface area contributed by atoms with Gasteiger partial charge in [-0.1, -0.05) is 55.2 Å². The number of nitrogens with one attached hydrogen (secondary N) is 3. The van der Waals surface area contributed by atoms with E-state index >= 15 is 0 Å². The highest BCUT2D eigenvalue weighted by atomic mass is 35.5. The second kappa shape index (κ2) is 11.7. The van der Waals surface area contributed by atoms with Crippen molar-refractivity contribution in [2.24, 2.45) is 5.92 Å². The van der Waals surface area contributed by atoms with Crippen LogP contribution in [-0.4, -0.2) is 30.9 Å². The van der Waals surface area contributed by atoms with Crippen LogP contribution in [0.5, 0.6) is 0 Å². The summed E-state index contributed by atoms with van der Waals surface area (Å²) in [5, 5.41) is 9.71. The molecule has 2 amide bonds. The lowest BCUT2D eigenvalue weighted by atomic mass is 10.0. The molecule has 0 saturated heterocycles. The van der Waals surface area contributed by atoms with Gasteiger partial charge >= 0.3 is 0 Å². The van der Waals surface area contributed by atoms with Crippen molar-refractivity contribution in [1.82, 2.24) is 10.6 Å². The lowest BCUT2D eigenvalue weighted by molar-refractivity contribution is -0.123. The molecule has 0 saturated carbocycles. The molecule has 2 rings (SSSR count). The molecule has 0 aromatic heterocycles. The maximum atomic E-state index is 12.6. The van der Waals surface area contributed by atoms with Crippen molar-refractivity contribution in [3.8, 4) is 0 Å². The fourth-order valence-electron chi connectivity index (χ4n) is 2.82. The van der Waals surface area contributed by atoms with Crippen LogP contribution in [0, 0.1) is 5.92 Å². The average Bonchev–Trinajstić information content (AvgIpc) is 2.67. The molecule has 0 bridgehead atoms. The van der Waals surface area contributed by atoms with E-state index in [4.69, 9.17) is 23.2 Å². The highest BCUT2D eigenvalue weighted by Crippen LogP contribution is 2.21. The van der Waals surface area contributed by atoms with Gasteiger partial charge in [0.2, 0.25) is 5.91 Å². The standard InChI is InChI=1S/C22H27Cl2N3O2/c1-15(2)13-20(27-21(28)18-10-9-16(23)14-19(18)24)22(29)26-12-6-11-25-17-7-4-3-5-8-17/h3-5,7-10,14-15,20,25H,6,11-13H2,1-2H3,(H,26,29)(H,27,28). The summed E-state index contributed by atoms with van der Waals surface area (Å²) in [6, 6.07) is 13.9. The Balaban J connectivity index is 1.85. The largest absolute Gasteiger partial charge is 0.385 e. The van der Waals surface area contributed by atoms with Crippen LogP contribution in [0.1, 0.15) is 37.0 Å². The molecule has 156 valence electrons. The summed E-state index contributed by atoms with van der Waals surface area (Å²) in [6.07, 6.45) is 1.30. The fraction of sp³-hybridized carbons (Fsp3) is 0.364. The fourth-order valence-corrected chi connectivity index (χ4v) is 3.32. The third-order valence-electron chi connectivity index (χ3n) is 4.26. The summed E-state index contributed by atoms with van der Waals surface area (Å²) < 4.78 is 0. The van der Waals surface area contributed by atoms with E-state index in [-0.39, 0.29) is 16.8 Å². The van der Waals surface area contributed by atoms with Crippen LogP contribution in [0.3, 0.4) is 0 Å². The van der Waals surface area contributed by atoms with Crippen LogP contribution < -0.4 is 16.0 Å². The lowest BCUT2D eigenvalue weighted by Crippen LogP contribution is -2.47. The van der Waals surface area contributed by atoms with Crippen LogP contribution >= 0.6 is 23.2 Å². The Morgan fingerprint density at radius 3 is 2.38 bits per heavy atom. The molecular weight excluding hydrogens is 409 g/mol. The van der Waals surface area contributed by atoms with Crippen molar-refractivity contribution < 1.29 is 9.59 Å². The topological polar surface area (TPSA) is 70.2 Å². The number of para-hydroxylation sites is 1. The minimum Gasteiger partial charge on any atom is -0.385 e. The first kappa shape index (κ1) is 23.0. The molecule has 1 unspecified atom stereocenters. The molecular formula is C22H27Cl2N3O2. The Hall–Kier alpha value is -2.24. The van der Waals surface area contributed by atoms with Crippen molar-refractivity contribution in [2.45, 2.75) is 32.7 Å². The first-order chi connectivity index (χ1) is 13.9. The molecule has 0 aliphatic heterocycles. The van der Waals surface area contributed by atoms with Crippen molar-refractivity contribution in [3.05, 3.63) is 64.1 Å². The number of carbonyl (C=O) groups excluding carboxylic acids is 2. The summed E-state index contributed by atoms with van der Waals surface area (Å²) in [6.45, 7) is 5.27. The van der Waals surface area contributed by atoms with E-state index in [9.17, 15) is 9.59 Å². The Bertz CT molecular complexity index is 813. The molecule has 0 aliphatic rings. The minimum atomic E-state index is -0.628. The van der Waals surface area contributed by atoms with Gasteiger partial charge in [-0.2, -0.15) is 0 Å². The van der Waals surface area contributed by atoms with Gasteiger partial charge in [0.15, 0.2) is 0 Å². The number of hydrogen-bond acceptors (Lipinski definition) is 3. The van der Waals surface area contributed by atoms with Gasteiger partial charge in [-0.3, -0.25) is 9.59 Å². The zero-order valence-corrected chi connectivity index (χ0v) is 18.2. The van der Waals surface area contributed by atoms with Crippen LogP contribution in [0.2, 0.25) is 10.0 Å². The number of carbonyl (C=O) groups is 2. The highest BCUT2D eigenvalue weighted by molar-refractivity contribution is 6.36. The van der Waals surface area contributed by atoms with Gasteiger partial charge in [0.25, 0.3) is 5.91 Å². The first-order valence-corrected chi connectivity index (χ1v) is 10.4. The van der Waals surface area contributed by atoms with Crippen molar-refractivity contribution in [1.29, 1.82) is 0 Å². The molecule has 0 aliphatic carbocycles. The predicted octanol–water partition coefficient (Wildman–Crippen LogP) is 4.76. The summed E-state index contributed by atoms with van der Waals surface area (Å²) in [5.74, 6) is -0.346. The second-order valence-electron chi connectivity index (χ2n) is 7.22. The monoisotopic (exact) mass is 435 g/mol. The van der Waals surface area contributed by atoms with Crippen LogP contribution in [0.15, 0.2) is 48.5 Å². The summed E-state index contributed by atoms with van der Waals surface area (Å²) in [4.78, 5) is 25.2. The zero-order chi connectivity index (χ0) is 21.2. The van der Waals surface area contributed by atoms with Gasteiger partial charge in [0.1, 0.15) is 6.04 Å². The van der Waals surface area contributed by atoms with Gasteiger partial charge in [-0.25, -0.2) is 0 Å². The third kappa shape index (κ3) is 7.95. The SMILES string of the molecule is CC(C)CC(NC(=O)c1ccc(Cl)cc1Cl)C(=O)NCCCNc1ccccc1. The Kier molecular flexibility index (Phi) is 9.29. The van der Waals surface area contributed by atoms with Gasteiger partial charge in [-0.05, 0) is 49.1 Å². The molecule has 29 heavy (non-hydrogen) atoms. The number of benzene rings is 2. The van der Waals surface area contributed by atoms with Crippen molar-refractivity contribution in [3.63, 3.8) is 0 Å². The number of anilines is 1. The molecule has 3 N–H and O–H groups in total. The molecule has 0 fully saturated rings. The summed E-state index contributed by atoms with van der Waals surface area (Å²) in [7, 11) is 0. The molecule has 7 heteroatoms. The minimum absolute atomic E-state index is 0.197. The average molecular weight is 436 g/mol. The van der Waals surface area contributed by atoms with E-state index in [1.807, 2.05) is 44.2 Å². The van der Waals surface area contributed by atoms with E-state index in [0.29, 0.717) is 23.6 Å². The predicted molar refractivity (Wildman–Crippen MR) is 120 cm³/mol.